The summed E-state index contributed by atoms with van der Waals surface area (Å²) in [5.74, 6) is -1.70. The molecule has 0 aliphatic rings. The second-order valence-electron chi connectivity index (χ2n) is 11.9. The highest BCUT2D eigenvalue weighted by Crippen LogP contribution is 2.49. The molecule has 4 N–H and O–H groups in total. The van der Waals surface area contributed by atoms with Crippen molar-refractivity contribution in [2.24, 2.45) is 30.7 Å². The van der Waals surface area contributed by atoms with Gasteiger partial charge in [0.25, 0.3) is 46.2 Å². The lowest BCUT2D eigenvalue weighted by Crippen LogP contribution is -2.07. The van der Waals surface area contributed by atoms with Crippen LogP contribution in [0, 0.1) is 10.1 Å². The number of phenolic OH excluding ortho intramolecular Hbond substituents is 1. The standard InChI is InChI=1S/C33H30N8O16S4/c1-54-27-13-20(36-35-19-7-5-6-18(12-19)17-58(45,46)47)8-10-24(27)38-39-25-16-28(60(50,51)56-3)22-15-29(61(52,53)57-4)32(33(42)30(22)31(25)34)40-37-23-11-9-21(59(48,49)55-2)14-26(23)41(43)44/h5-16,42H,17,34H2,1-4H3,(H,45,46,47). The van der Waals surface area contributed by atoms with Crippen LogP contribution in [0.4, 0.5) is 45.5 Å². The van der Waals surface area contributed by atoms with Crippen molar-refractivity contribution in [3.05, 3.63) is 88.5 Å². The second kappa shape index (κ2) is 17.7. The van der Waals surface area contributed by atoms with Crippen LogP contribution in [0.3, 0.4) is 0 Å². The maximum atomic E-state index is 13.3. The van der Waals surface area contributed by atoms with Crippen molar-refractivity contribution in [3.63, 3.8) is 0 Å². The lowest BCUT2D eigenvalue weighted by Gasteiger charge is -2.16. The van der Waals surface area contributed by atoms with E-state index < -0.39 is 111 Å². The molecule has 0 saturated carbocycles. The van der Waals surface area contributed by atoms with Crippen LogP contribution in [0.5, 0.6) is 11.5 Å². The molecule has 5 aromatic carbocycles. The summed E-state index contributed by atoms with van der Waals surface area (Å²) in [4.78, 5) is 8.47. The molecular weight excluding hydrogens is 893 g/mol. The van der Waals surface area contributed by atoms with Crippen molar-refractivity contribution in [2.45, 2.75) is 20.4 Å². The summed E-state index contributed by atoms with van der Waals surface area (Å²) < 4.78 is 128. The summed E-state index contributed by atoms with van der Waals surface area (Å²) in [6, 6.07) is 14.0. The van der Waals surface area contributed by atoms with Gasteiger partial charge < -0.3 is 15.6 Å². The van der Waals surface area contributed by atoms with E-state index in [9.17, 15) is 48.9 Å². The number of nitro groups is 1. The first-order valence-corrected chi connectivity index (χ1v) is 22.2. The summed E-state index contributed by atoms with van der Waals surface area (Å²) >= 11 is 0. The highest BCUT2D eigenvalue weighted by molar-refractivity contribution is 7.87. The third-order valence-corrected chi connectivity index (χ3v) is 12.7. The lowest BCUT2D eigenvalue weighted by molar-refractivity contribution is -0.384. The third-order valence-electron chi connectivity index (χ3n) is 8.17. The Morgan fingerprint density at radius 3 is 1.87 bits per heavy atom. The van der Waals surface area contributed by atoms with Crippen molar-refractivity contribution in [1.82, 2.24) is 0 Å². The molecule has 28 heteroatoms. The number of hydrogen-bond acceptors (Lipinski definition) is 22. The number of nitrogens with zero attached hydrogens (tertiary/aromatic N) is 7. The number of phenols is 1. The van der Waals surface area contributed by atoms with Crippen molar-refractivity contribution in [1.29, 1.82) is 0 Å². The zero-order valence-corrected chi connectivity index (χ0v) is 34.9. The molecule has 0 aliphatic carbocycles. The van der Waals surface area contributed by atoms with Crippen LogP contribution in [0.15, 0.2) is 118 Å². The van der Waals surface area contributed by atoms with Crippen molar-refractivity contribution in [2.75, 3.05) is 34.2 Å². The quantitative estimate of drug-likeness (QED) is 0.0232. The number of nitrogen functional groups attached to an aromatic ring is 1. The van der Waals surface area contributed by atoms with E-state index in [2.05, 4.69) is 43.2 Å². The number of ether oxygens (including phenoxy) is 1. The maximum Gasteiger partial charge on any atom is 0.299 e. The molecule has 0 spiro atoms. The van der Waals surface area contributed by atoms with Gasteiger partial charge >= 0.3 is 0 Å². The minimum Gasteiger partial charge on any atom is -0.505 e. The number of fused-ring (bicyclic) bond motifs is 1. The summed E-state index contributed by atoms with van der Waals surface area (Å²) in [5, 5.41) is 46.1. The van der Waals surface area contributed by atoms with E-state index in [1.165, 1.54) is 49.6 Å². The van der Waals surface area contributed by atoms with Crippen molar-refractivity contribution in [3.8, 4) is 11.5 Å². The van der Waals surface area contributed by atoms with Crippen LogP contribution in [0.25, 0.3) is 10.8 Å². The van der Waals surface area contributed by atoms with E-state index >= 15 is 0 Å². The fourth-order valence-electron chi connectivity index (χ4n) is 5.31. The first-order valence-electron chi connectivity index (χ1n) is 16.4. The van der Waals surface area contributed by atoms with E-state index in [1.807, 2.05) is 0 Å². The summed E-state index contributed by atoms with van der Waals surface area (Å²) in [5.41, 5.74) is 3.76. The Kier molecular flexibility index (Phi) is 13.2. The zero-order chi connectivity index (χ0) is 45.1. The van der Waals surface area contributed by atoms with Gasteiger partial charge in [0.05, 0.1) is 55.8 Å². The second-order valence-corrected chi connectivity index (χ2v) is 18.5. The van der Waals surface area contributed by atoms with Crippen LogP contribution in [0.1, 0.15) is 5.56 Å². The highest BCUT2D eigenvalue weighted by atomic mass is 32.2. The van der Waals surface area contributed by atoms with Crippen LogP contribution in [0.2, 0.25) is 0 Å². The first kappa shape index (κ1) is 45.7. The molecule has 0 bridgehead atoms. The molecule has 0 radical (unpaired) electrons. The molecule has 24 nitrogen and oxygen atoms in total. The minimum atomic E-state index is -4.90. The van der Waals surface area contributed by atoms with Crippen molar-refractivity contribution >= 4 is 96.7 Å². The van der Waals surface area contributed by atoms with Crippen molar-refractivity contribution < 1.29 is 65.5 Å². The Balaban J connectivity index is 1.66. The molecule has 0 amide bonds. The number of methoxy groups -OCH3 is 1. The van der Waals surface area contributed by atoms with Gasteiger partial charge in [-0.25, -0.2) is 0 Å². The molecule has 0 fully saturated rings. The molecule has 0 aromatic heterocycles. The van der Waals surface area contributed by atoms with E-state index in [1.54, 1.807) is 0 Å². The van der Waals surface area contributed by atoms with Crippen LogP contribution < -0.4 is 10.5 Å². The first-order chi connectivity index (χ1) is 28.5. The van der Waals surface area contributed by atoms with Crippen LogP contribution in [-0.2, 0) is 58.8 Å². The average Bonchev–Trinajstić information content (AvgIpc) is 3.21. The van der Waals surface area contributed by atoms with Gasteiger partial charge in [0.2, 0.25) is 0 Å². The zero-order valence-electron chi connectivity index (χ0n) is 31.6. The van der Waals surface area contributed by atoms with E-state index in [0.717, 1.165) is 45.6 Å². The van der Waals surface area contributed by atoms with Gasteiger partial charge in [-0.2, -0.15) is 43.9 Å². The van der Waals surface area contributed by atoms with Gasteiger partial charge in [-0.15, -0.1) is 20.5 Å². The van der Waals surface area contributed by atoms with E-state index in [4.69, 9.17) is 15.0 Å². The Bertz CT molecular complexity index is 3140. The monoisotopic (exact) mass is 922 g/mol. The Morgan fingerprint density at radius 2 is 1.26 bits per heavy atom. The molecule has 0 saturated heterocycles. The largest absolute Gasteiger partial charge is 0.505 e. The normalized spacial score (nSPS) is 12.9. The maximum absolute atomic E-state index is 13.3. The molecule has 61 heavy (non-hydrogen) atoms. The SMILES string of the molecule is COc1cc(N=Nc2cccc(CS(=O)(=O)O)c2)ccc1N=Nc1cc(S(=O)(=O)OC)c2cc(S(=O)(=O)OC)c(N=Nc3ccc(S(=O)(=O)OC)cc3[N+](=O)[O-])c(O)c2c1N. The van der Waals surface area contributed by atoms with Gasteiger partial charge in [-0.3, -0.25) is 27.2 Å². The van der Waals surface area contributed by atoms with E-state index in [-0.39, 0.29) is 28.4 Å². The Hall–Kier alpha value is -6.40. The predicted octanol–water partition coefficient (Wildman–Crippen LogP) is 6.68. The van der Waals surface area contributed by atoms with Gasteiger partial charge in [0, 0.05) is 17.5 Å². The summed E-state index contributed by atoms with van der Waals surface area (Å²) in [6.07, 6.45) is 0. The number of nitro benzene ring substituents is 1. The number of anilines is 1. The number of rotatable bonds is 16. The van der Waals surface area contributed by atoms with Gasteiger partial charge in [0.15, 0.2) is 11.4 Å². The highest BCUT2D eigenvalue weighted by Gasteiger charge is 2.31. The molecule has 5 rings (SSSR count). The molecule has 0 unspecified atom stereocenters. The number of hydrogen-bond donors (Lipinski definition) is 3. The fraction of sp³-hybridized carbons (Fsp3) is 0.152. The van der Waals surface area contributed by atoms with Crippen LogP contribution >= 0.6 is 0 Å². The lowest BCUT2D eigenvalue weighted by atomic mass is 10.0. The fourth-order valence-corrected chi connectivity index (χ4v) is 8.27. The number of nitrogens with two attached hydrogens (primary N) is 1. The molecule has 0 heterocycles. The smallest absolute Gasteiger partial charge is 0.299 e. The average molecular weight is 923 g/mol. The van der Waals surface area contributed by atoms with Gasteiger partial charge in [-0.1, -0.05) is 12.1 Å². The number of benzene rings is 5. The molecule has 0 aliphatic heterocycles. The van der Waals surface area contributed by atoms with Gasteiger partial charge in [-0.05, 0) is 54.1 Å². The Labute approximate surface area is 346 Å². The van der Waals surface area contributed by atoms with Crippen LogP contribution in [-0.4, -0.2) is 76.7 Å². The summed E-state index contributed by atoms with van der Waals surface area (Å²) in [7, 11) is -14.7. The summed E-state index contributed by atoms with van der Waals surface area (Å²) in [6.45, 7) is 0. The number of aromatic hydroxyl groups is 1. The Morgan fingerprint density at radius 1 is 0.672 bits per heavy atom. The third kappa shape index (κ3) is 10.1. The molecule has 0 atom stereocenters. The molecular formula is C33H30N8O16S4. The topological polar surface area (TPSA) is 357 Å². The van der Waals surface area contributed by atoms with Gasteiger partial charge in [0.1, 0.15) is 43.3 Å². The van der Waals surface area contributed by atoms with E-state index in [0.29, 0.717) is 6.07 Å². The molecule has 5 aromatic rings. The minimum absolute atomic E-state index is 0.0263. The predicted molar refractivity (Wildman–Crippen MR) is 213 cm³/mol. The molecule has 322 valence electrons. The number of azo groups is 3.